The second-order valence-corrected chi connectivity index (χ2v) is 8.37. The number of carbonyl (C=O) groups is 1. The van der Waals surface area contributed by atoms with Gasteiger partial charge in [-0.1, -0.05) is 48.0 Å². The van der Waals surface area contributed by atoms with E-state index in [0.717, 1.165) is 17.7 Å². The molecule has 1 aromatic heterocycles. The molecule has 28 heavy (non-hydrogen) atoms. The van der Waals surface area contributed by atoms with E-state index in [1.165, 1.54) is 11.8 Å². The van der Waals surface area contributed by atoms with Crippen molar-refractivity contribution >= 4 is 45.9 Å². The van der Waals surface area contributed by atoms with Crippen LogP contribution in [0.4, 0.5) is 5.69 Å². The van der Waals surface area contributed by atoms with E-state index in [4.69, 9.17) is 11.6 Å². The van der Waals surface area contributed by atoms with E-state index >= 15 is 0 Å². The maximum atomic E-state index is 12.9. The van der Waals surface area contributed by atoms with Crippen molar-refractivity contribution in [1.29, 1.82) is 0 Å². The summed E-state index contributed by atoms with van der Waals surface area (Å²) in [5.74, 6) is -0.141. The number of hydrogen-bond acceptors (Lipinski definition) is 4. The van der Waals surface area contributed by atoms with Gasteiger partial charge in [-0.3, -0.25) is 14.2 Å². The SMILES string of the molecule is CCCn1c(S[C@@H](C)C(=O)Nc2ccc(C)cc2)nc2cc(Cl)ccc2c1=O. The molecule has 0 aliphatic carbocycles. The van der Waals surface area contributed by atoms with E-state index in [1.54, 1.807) is 29.7 Å². The molecule has 146 valence electrons. The molecule has 1 amide bonds. The van der Waals surface area contributed by atoms with E-state index in [0.29, 0.717) is 27.6 Å². The van der Waals surface area contributed by atoms with Crippen molar-refractivity contribution in [2.75, 3.05) is 5.32 Å². The Labute approximate surface area is 173 Å². The largest absolute Gasteiger partial charge is 0.325 e. The molecule has 0 fully saturated rings. The molecule has 0 unspecified atom stereocenters. The number of carbonyl (C=O) groups excluding carboxylic acids is 1. The Morgan fingerprint density at radius 3 is 2.64 bits per heavy atom. The molecule has 2 aromatic carbocycles. The number of anilines is 1. The Bertz CT molecular complexity index is 1060. The van der Waals surface area contributed by atoms with Crippen LogP contribution in [0.5, 0.6) is 0 Å². The number of halogens is 1. The van der Waals surface area contributed by atoms with Gasteiger partial charge in [-0.2, -0.15) is 0 Å². The molecule has 0 aliphatic heterocycles. The van der Waals surface area contributed by atoms with Crippen LogP contribution in [-0.4, -0.2) is 20.7 Å². The highest BCUT2D eigenvalue weighted by Gasteiger charge is 2.19. The predicted molar refractivity (Wildman–Crippen MR) is 116 cm³/mol. The lowest BCUT2D eigenvalue weighted by atomic mass is 10.2. The molecule has 0 saturated carbocycles. The van der Waals surface area contributed by atoms with Crippen molar-refractivity contribution in [3.63, 3.8) is 0 Å². The monoisotopic (exact) mass is 415 g/mol. The fourth-order valence-electron chi connectivity index (χ4n) is 2.78. The van der Waals surface area contributed by atoms with E-state index in [-0.39, 0.29) is 11.5 Å². The molecule has 0 aliphatic rings. The number of aromatic nitrogens is 2. The summed E-state index contributed by atoms with van der Waals surface area (Å²) >= 11 is 7.33. The molecule has 3 rings (SSSR count). The maximum Gasteiger partial charge on any atom is 0.262 e. The van der Waals surface area contributed by atoms with E-state index < -0.39 is 5.25 Å². The number of hydrogen-bond donors (Lipinski definition) is 1. The zero-order valence-corrected chi connectivity index (χ0v) is 17.6. The van der Waals surface area contributed by atoms with Gasteiger partial charge in [-0.15, -0.1) is 0 Å². The smallest absolute Gasteiger partial charge is 0.262 e. The summed E-state index contributed by atoms with van der Waals surface area (Å²) < 4.78 is 1.64. The number of nitrogens with zero attached hydrogens (tertiary/aromatic N) is 2. The lowest BCUT2D eigenvalue weighted by Gasteiger charge is -2.16. The Balaban J connectivity index is 1.89. The van der Waals surface area contributed by atoms with Crippen LogP contribution in [0.3, 0.4) is 0 Å². The van der Waals surface area contributed by atoms with Crippen molar-refractivity contribution in [2.24, 2.45) is 0 Å². The molecular weight excluding hydrogens is 394 g/mol. The zero-order chi connectivity index (χ0) is 20.3. The van der Waals surface area contributed by atoms with Crippen molar-refractivity contribution in [2.45, 2.75) is 44.1 Å². The summed E-state index contributed by atoms with van der Waals surface area (Å²) in [6, 6.07) is 12.7. The minimum Gasteiger partial charge on any atom is -0.325 e. The van der Waals surface area contributed by atoms with E-state index in [2.05, 4.69) is 10.3 Å². The molecule has 1 heterocycles. The van der Waals surface area contributed by atoms with Gasteiger partial charge in [0.2, 0.25) is 5.91 Å². The molecule has 0 radical (unpaired) electrons. The van der Waals surface area contributed by atoms with Crippen LogP contribution in [0.2, 0.25) is 5.02 Å². The normalized spacial score (nSPS) is 12.1. The Kier molecular flexibility index (Phi) is 6.42. The number of fused-ring (bicyclic) bond motifs is 1. The third kappa shape index (κ3) is 4.56. The molecule has 1 N–H and O–H groups in total. The Morgan fingerprint density at radius 1 is 1.25 bits per heavy atom. The second-order valence-electron chi connectivity index (χ2n) is 6.63. The predicted octanol–water partition coefficient (Wildman–Crippen LogP) is 4.89. The van der Waals surface area contributed by atoms with Crippen LogP contribution in [0.25, 0.3) is 10.9 Å². The zero-order valence-electron chi connectivity index (χ0n) is 16.0. The summed E-state index contributed by atoms with van der Waals surface area (Å²) in [6.07, 6.45) is 0.790. The van der Waals surface area contributed by atoms with E-state index in [1.807, 2.05) is 38.1 Å². The van der Waals surface area contributed by atoms with Crippen LogP contribution in [0.15, 0.2) is 52.4 Å². The summed E-state index contributed by atoms with van der Waals surface area (Å²) in [4.78, 5) is 30.1. The van der Waals surface area contributed by atoms with Crippen molar-refractivity contribution in [3.8, 4) is 0 Å². The third-order valence-electron chi connectivity index (χ3n) is 4.30. The topological polar surface area (TPSA) is 64.0 Å². The highest BCUT2D eigenvalue weighted by Crippen LogP contribution is 2.25. The van der Waals surface area contributed by atoms with Crippen LogP contribution >= 0.6 is 23.4 Å². The number of benzene rings is 2. The van der Waals surface area contributed by atoms with Gasteiger partial charge in [-0.25, -0.2) is 4.98 Å². The first kappa shape index (κ1) is 20.4. The average molecular weight is 416 g/mol. The highest BCUT2D eigenvalue weighted by molar-refractivity contribution is 8.00. The first-order valence-corrected chi connectivity index (χ1v) is 10.4. The van der Waals surface area contributed by atoms with Gasteiger partial charge in [0.1, 0.15) is 0 Å². The molecule has 7 heteroatoms. The second kappa shape index (κ2) is 8.80. The number of nitrogens with one attached hydrogen (secondary N) is 1. The van der Waals surface area contributed by atoms with Gasteiger partial charge >= 0.3 is 0 Å². The first-order chi connectivity index (χ1) is 13.4. The van der Waals surface area contributed by atoms with Gasteiger partial charge in [0.25, 0.3) is 5.56 Å². The van der Waals surface area contributed by atoms with Gasteiger partial charge in [0.15, 0.2) is 5.16 Å². The third-order valence-corrected chi connectivity index (χ3v) is 5.63. The number of rotatable bonds is 6. The molecule has 5 nitrogen and oxygen atoms in total. The Hall–Kier alpha value is -2.31. The standard InChI is InChI=1S/C21H22ClN3O2S/c1-4-11-25-20(27)17-10-7-15(22)12-18(17)24-21(25)28-14(3)19(26)23-16-8-5-13(2)6-9-16/h5-10,12,14H,4,11H2,1-3H3,(H,23,26)/t14-/m0/s1. The summed E-state index contributed by atoms with van der Waals surface area (Å²) in [5, 5.41) is 4.05. The lowest BCUT2D eigenvalue weighted by molar-refractivity contribution is -0.115. The first-order valence-electron chi connectivity index (χ1n) is 9.13. The van der Waals surface area contributed by atoms with Gasteiger partial charge in [0.05, 0.1) is 16.2 Å². The molecule has 0 bridgehead atoms. The number of aryl methyl sites for hydroxylation is 1. The van der Waals surface area contributed by atoms with Crippen molar-refractivity contribution in [1.82, 2.24) is 9.55 Å². The molecule has 1 atom stereocenters. The lowest BCUT2D eigenvalue weighted by Crippen LogP contribution is -2.27. The molecule has 0 saturated heterocycles. The summed E-state index contributed by atoms with van der Waals surface area (Å²) in [5.41, 5.74) is 2.30. The van der Waals surface area contributed by atoms with Crippen LogP contribution in [0, 0.1) is 6.92 Å². The van der Waals surface area contributed by atoms with Crippen LogP contribution < -0.4 is 10.9 Å². The average Bonchev–Trinajstić information content (AvgIpc) is 2.66. The van der Waals surface area contributed by atoms with Crippen LogP contribution in [0.1, 0.15) is 25.8 Å². The fraction of sp³-hybridized carbons (Fsp3) is 0.286. The minimum atomic E-state index is -0.423. The number of amides is 1. The van der Waals surface area contributed by atoms with Gasteiger partial charge in [-0.05, 0) is 50.6 Å². The fourth-order valence-corrected chi connectivity index (χ4v) is 3.88. The van der Waals surface area contributed by atoms with Gasteiger partial charge < -0.3 is 5.32 Å². The van der Waals surface area contributed by atoms with E-state index in [9.17, 15) is 9.59 Å². The molecular formula is C21H22ClN3O2S. The van der Waals surface area contributed by atoms with Crippen molar-refractivity contribution < 1.29 is 4.79 Å². The molecule has 0 spiro atoms. The number of thioether (sulfide) groups is 1. The van der Waals surface area contributed by atoms with Gasteiger partial charge in [0, 0.05) is 17.3 Å². The maximum absolute atomic E-state index is 12.9. The van der Waals surface area contributed by atoms with Crippen LogP contribution in [-0.2, 0) is 11.3 Å². The van der Waals surface area contributed by atoms with Crippen molar-refractivity contribution in [3.05, 3.63) is 63.4 Å². The molecule has 3 aromatic rings. The summed E-state index contributed by atoms with van der Waals surface area (Å²) in [7, 11) is 0. The Morgan fingerprint density at radius 2 is 1.96 bits per heavy atom. The minimum absolute atomic E-state index is 0.114. The quantitative estimate of drug-likeness (QED) is 0.460. The summed E-state index contributed by atoms with van der Waals surface area (Å²) in [6.45, 7) is 6.34. The highest BCUT2D eigenvalue weighted by atomic mass is 35.5.